The van der Waals surface area contributed by atoms with Gasteiger partial charge in [-0.15, -0.1) is 0 Å². The van der Waals surface area contributed by atoms with Crippen molar-refractivity contribution in [2.75, 3.05) is 6.26 Å². The normalized spacial score (nSPS) is 13.2. The molecule has 0 aliphatic rings. The fraction of sp³-hybridized carbons (Fsp3) is 0.143. The van der Waals surface area contributed by atoms with E-state index in [0.717, 1.165) is 6.26 Å². The largest absolute Gasteiger partial charge is 0.384 e. The number of sulfone groups is 1. The average molecular weight is 394 g/mol. The summed E-state index contributed by atoms with van der Waals surface area (Å²) in [6.07, 6.45) is -0.142. The predicted molar refractivity (Wildman–Crippen MR) is 82.7 cm³/mol. The number of rotatable bonds is 3. The quantitative estimate of drug-likeness (QED) is 0.809. The second kappa shape index (κ2) is 6.04. The number of halogens is 3. The third kappa shape index (κ3) is 3.63. The first-order valence-electron chi connectivity index (χ1n) is 5.82. The number of aliphatic hydroxyl groups excluding tert-OH is 1. The van der Waals surface area contributed by atoms with Gasteiger partial charge < -0.3 is 5.11 Å². The molecule has 2 aromatic rings. The Labute approximate surface area is 135 Å². The van der Waals surface area contributed by atoms with Crippen molar-refractivity contribution < 1.29 is 17.9 Å². The minimum Gasteiger partial charge on any atom is -0.384 e. The van der Waals surface area contributed by atoms with Crippen molar-refractivity contribution in [2.24, 2.45) is 0 Å². The second-order valence-electron chi connectivity index (χ2n) is 4.53. The Morgan fingerprint density at radius 3 is 2.33 bits per heavy atom. The lowest BCUT2D eigenvalue weighted by molar-refractivity contribution is 0.215. The van der Waals surface area contributed by atoms with Crippen molar-refractivity contribution in [3.8, 4) is 0 Å². The summed E-state index contributed by atoms with van der Waals surface area (Å²) in [5, 5.41) is 10.5. The van der Waals surface area contributed by atoms with E-state index in [1.807, 2.05) is 0 Å². The Morgan fingerprint density at radius 2 is 1.81 bits per heavy atom. The van der Waals surface area contributed by atoms with Crippen LogP contribution in [0.3, 0.4) is 0 Å². The summed E-state index contributed by atoms with van der Waals surface area (Å²) in [6.45, 7) is 0. The van der Waals surface area contributed by atoms with Crippen LogP contribution in [0.15, 0.2) is 45.8 Å². The maximum atomic E-state index is 13.9. The molecule has 0 aromatic heterocycles. The van der Waals surface area contributed by atoms with E-state index in [1.54, 1.807) is 0 Å². The van der Waals surface area contributed by atoms with Gasteiger partial charge in [-0.25, -0.2) is 12.8 Å². The van der Waals surface area contributed by atoms with Crippen LogP contribution in [-0.2, 0) is 9.84 Å². The van der Waals surface area contributed by atoms with Gasteiger partial charge in [0.1, 0.15) is 11.9 Å². The smallest absolute Gasteiger partial charge is 0.175 e. The molecule has 1 atom stereocenters. The molecule has 0 saturated carbocycles. The third-order valence-electron chi connectivity index (χ3n) is 2.96. The number of hydrogen-bond acceptors (Lipinski definition) is 3. The van der Waals surface area contributed by atoms with Crippen molar-refractivity contribution in [1.29, 1.82) is 0 Å². The monoisotopic (exact) mass is 392 g/mol. The fourth-order valence-corrected chi connectivity index (χ4v) is 2.94. The molecule has 112 valence electrons. The van der Waals surface area contributed by atoms with Crippen LogP contribution in [-0.4, -0.2) is 19.8 Å². The molecule has 0 heterocycles. The Kier molecular flexibility index (Phi) is 4.72. The minimum absolute atomic E-state index is 0.0234. The second-order valence-corrected chi connectivity index (χ2v) is 7.81. The molecule has 0 bridgehead atoms. The first kappa shape index (κ1) is 16.4. The van der Waals surface area contributed by atoms with Crippen LogP contribution in [0.1, 0.15) is 17.2 Å². The van der Waals surface area contributed by atoms with Crippen LogP contribution in [0, 0.1) is 5.82 Å². The molecule has 0 radical (unpaired) electrons. The van der Waals surface area contributed by atoms with Gasteiger partial charge in [-0.3, -0.25) is 0 Å². The highest BCUT2D eigenvalue weighted by Gasteiger charge is 2.18. The summed E-state index contributed by atoms with van der Waals surface area (Å²) in [5.74, 6) is -0.606. The van der Waals surface area contributed by atoms with Crippen molar-refractivity contribution >= 4 is 37.4 Å². The molecular weight excluding hydrogens is 383 g/mol. The van der Waals surface area contributed by atoms with Gasteiger partial charge in [0.15, 0.2) is 9.84 Å². The lowest BCUT2D eigenvalue weighted by Gasteiger charge is -2.14. The van der Waals surface area contributed by atoms with E-state index in [-0.39, 0.29) is 15.5 Å². The molecule has 2 aromatic carbocycles. The zero-order valence-corrected chi connectivity index (χ0v) is 14.0. The van der Waals surface area contributed by atoms with Gasteiger partial charge in [-0.1, -0.05) is 23.7 Å². The maximum absolute atomic E-state index is 13.9. The van der Waals surface area contributed by atoms with Crippen LogP contribution in [0.25, 0.3) is 0 Å². The van der Waals surface area contributed by atoms with Gasteiger partial charge in [0, 0.05) is 16.3 Å². The molecular formula is C14H11BrClFO3S. The lowest BCUT2D eigenvalue weighted by Crippen LogP contribution is -2.04. The van der Waals surface area contributed by atoms with Crippen molar-refractivity contribution in [3.05, 3.63) is 62.8 Å². The summed E-state index contributed by atoms with van der Waals surface area (Å²) in [6, 6.07) is 8.12. The van der Waals surface area contributed by atoms with E-state index < -0.39 is 21.8 Å². The molecule has 2 rings (SSSR count). The third-order valence-corrected chi connectivity index (χ3v) is 5.28. The van der Waals surface area contributed by atoms with E-state index in [1.165, 1.54) is 36.4 Å². The molecule has 21 heavy (non-hydrogen) atoms. The summed E-state index contributed by atoms with van der Waals surface area (Å²) in [7, 11) is -3.31. The number of hydrogen-bond donors (Lipinski definition) is 1. The molecule has 0 aliphatic heterocycles. The molecule has 0 fully saturated rings. The zero-order valence-electron chi connectivity index (χ0n) is 10.8. The number of aliphatic hydroxyl groups is 1. The average Bonchev–Trinajstić information content (AvgIpc) is 2.41. The van der Waals surface area contributed by atoms with Crippen molar-refractivity contribution in [3.63, 3.8) is 0 Å². The molecule has 7 heteroatoms. The van der Waals surface area contributed by atoms with E-state index in [9.17, 15) is 17.9 Å². The maximum Gasteiger partial charge on any atom is 0.175 e. The van der Waals surface area contributed by atoms with Gasteiger partial charge in [0.05, 0.1) is 9.92 Å². The highest BCUT2D eigenvalue weighted by Crippen LogP contribution is 2.31. The van der Waals surface area contributed by atoms with Gasteiger partial charge in [0.2, 0.25) is 0 Å². The molecule has 0 amide bonds. The molecule has 0 aliphatic carbocycles. The van der Waals surface area contributed by atoms with Crippen LogP contribution < -0.4 is 0 Å². The van der Waals surface area contributed by atoms with Crippen LogP contribution >= 0.6 is 27.5 Å². The highest BCUT2D eigenvalue weighted by molar-refractivity contribution is 9.10. The van der Waals surface area contributed by atoms with E-state index >= 15 is 0 Å². The lowest BCUT2D eigenvalue weighted by atomic mass is 10.0. The van der Waals surface area contributed by atoms with E-state index in [0.29, 0.717) is 10.0 Å². The summed E-state index contributed by atoms with van der Waals surface area (Å²) < 4.78 is 37.0. The van der Waals surface area contributed by atoms with Gasteiger partial charge in [-0.2, -0.15) is 0 Å². The van der Waals surface area contributed by atoms with Crippen LogP contribution in [0.2, 0.25) is 5.02 Å². The van der Waals surface area contributed by atoms with E-state index in [2.05, 4.69) is 15.9 Å². The van der Waals surface area contributed by atoms with Crippen molar-refractivity contribution in [2.45, 2.75) is 11.0 Å². The summed E-state index contributed by atoms with van der Waals surface area (Å²) >= 11 is 9.00. The van der Waals surface area contributed by atoms with Gasteiger partial charge in [-0.05, 0) is 45.8 Å². The first-order valence-corrected chi connectivity index (χ1v) is 8.89. The minimum atomic E-state index is -3.31. The van der Waals surface area contributed by atoms with Gasteiger partial charge in [0.25, 0.3) is 0 Å². The first-order chi connectivity index (χ1) is 9.70. The number of benzene rings is 2. The molecule has 3 nitrogen and oxygen atoms in total. The summed E-state index contributed by atoms with van der Waals surface area (Å²) in [5.41, 5.74) is 0.398. The Balaban J connectivity index is 2.41. The Hall–Kier alpha value is -0.950. The highest BCUT2D eigenvalue weighted by atomic mass is 79.9. The van der Waals surface area contributed by atoms with Crippen molar-refractivity contribution in [1.82, 2.24) is 0 Å². The van der Waals surface area contributed by atoms with Gasteiger partial charge >= 0.3 is 0 Å². The standard InChI is InChI=1S/C14H11BrClFO3S/c1-21(19,20)9-4-2-8(3-5-9)14(18)10-6-12(16)11(15)7-13(10)17/h2-7,14,18H,1H3. The summed E-state index contributed by atoms with van der Waals surface area (Å²) in [4.78, 5) is 0.132. The Morgan fingerprint density at radius 1 is 1.24 bits per heavy atom. The SMILES string of the molecule is CS(=O)(=O)c1ccc(C(O)c2cc(Cl)c(Br)cc2F)cc1. The Bertz CT molecular complexity index is 776. The van der Waals surface area contributed by atoms with E-state index in [4.69, 9.17) is 11.6 Å². The fourth-order valence-electron chi connectivity index (χ4n) is 1.82. The molecule has 1 N–H and O–H groups in total. The zero-order chi connectivity index (χ0) is 15.8. The molecule has 0 saturated heterocycles. The van der Waals surface area contributed by atoms with Crippen LogP contribution in [0.5, 0.6) is 0 Å². The molecule has 0 spiro atoms. The topological polar surface area (TPSA) is 54.4 Å². The molecule has 1 unspecified atom stereocenters. The van der Waals surface area contributed by atoms with Crippen LogP contribution in [0.4, 0.5) is 4.39 Å². The predicted octanol–water partition coefficient (Wildman–Crippen LogP) is 3.73.